The predicted molar refractivity (Wildman–Crippen MR) is 111 cm³/mol. The number of hydrogen-bond donors (Lipinski definition) is 2. The fourth-order valence-electron chi connectivity index (χ4n) is 3.36. The van der Waals surface area contributed by atoms with E-state index in [-0.39, 0.29) is 5.91 Å². The highest BCUT2D eigenvalue weighted by molar-refractivity contribution is 5.96. The third-order valence-corrected chi connectivity index (χ3v) is 4.90. The number of nitrogens with one attached hydrogen (secondary N) is 2. The average Bonchev–Trinajstić information content (AvgIpc) is 3.27. The predicted octanol–water partition coefficient (Wildman–Crippen LogP) is 3.78. The number of carbonyl (C=O) groups is 1. The minimum atomic E-state index is -0.164. The van der Waals surface area contributed by atoms with Gasteiger partial charge in [0.05, 0.1) is 23.1 Å². The molecule has 0 bridgehead atoms. The Bertz CT molecular complexity index is 1220. The van der Waals surface area contributed by atoms with Crippen LogP contribution in [0.15, 0.2) is 61.1 Å². The highest BCUT2D eigenvalue weighted by Gasteiger charge is 2.15. The number of benzene rings is 2. The van der Waals surface area contributed by atoms with Gasteiger partial charge in [0.1, 0.15) is 6.07 Å². The van der Waals surface area contributed by atoms with Crippen molar-refractivity contribution < 1.29 is 4.79 Å². The SMILES string of the molecule is Cc1c(C#N)c(-c2cccc(C(=O)NCCc3cnc[nH]3)c2)nc2ccccc12. The van der Waals surface area contributed by atoms with Crippen LogP contribution in [0.25, 0.3) is 22.2 Å². The van der Waals surface area contributed by atoms with Crippen molar-refractivity contribution in [2.45, 2.75) is 13.3 Å². The van der Waals surface area contributed by atoms with Crippen LogP contribution in [0.5, 0.6) is 0 Å². The highest BCUT2D eigenvalue weighted by Crippen LogP contribution is 2.29. The fraction of sp³-hybridized carbons (Fsp3) is 0.130. The summed E-state index contributed by atoms with van der Waals surface area (Å²) in [6.45, 7) is 2.43. The number of pyridine rings is 1. The molecule has 6 nitrogen and oxygen atoms in total. The summed E-state index contributed by atoms with van der Waals surface area (Å²) in [7, 11) is 0. The molecule has 6 heteroatoms. The molecule has 0 fully saturated rings. The zero-order valence-corrected chi connectivity index (χ0v) is 15.9. The molecule has 0 saturated carbocycles. The number of fused-ring (bicyclic) bond motifs is 1. The maximum Gasteiger partial charge on any atom is 0.251 e. The van der Waals surface area contributed by atoms with E-state index >= 15 is 0 Å². The molecule has 2 heterocycles. The van der Waals surface area contributed by atoms with Gasteiger partial charge in [0.25, 0.3) is 5.91 Å². The number of carbonyl (C=O) groups excluding carboxylic acids is 1. The molecule has 2 aromatic heterocycles. The zero-order valence-electron chi connectivity index (χ0n) is 15.9. The number of para-hydroxylation sites is 1. The quantitative estimate of drug-likeness (QED) is 0.550. The number of hydrogen-bond acceptors (Lipinski definition) is 4. The van der Waals surface area contributed by atoms with Gasteiger partial charge in [-0.2, -0.15) is 5.26 Å². The van der Waals surface area contributed by atoms with Crippen LogP contribution in [0.4, 0.5) is 0 Å². The lowest BCUT2D eigenvalue weighted by Gasteiger charge is -2.11. The van der Waals surface area contributed by atoms with E-state index in [1.165, 1.54) is 0 Å². The molecule has 0 aliphatic rings. The van der Waals surface area contributed by atoms with Gasteiger partial charge in [-0.15, -0.1) is 0 Å². The fourth-order valence-corrected chi connectivity index (χ4v) is 3.36. The second kappa shape index (κ2) is 7.95. The van der Waals surface area contributed by atoms with E-state index in [4.69, 9.17) is 4.98 Å². The lowest BCUT2D eigenvalue weighted by Crippen LogP contribution is -2.25. The number of amides is 1. The Balaban J connectivity index is 1.63. The molecule has 0 saturated heterocycles. The van der Waals surface area contributed by atoms with E-state index in [0.717, 1.165) is 27.7 Å². The van der Waals surface area contributed by atoms with Gasteiger partial charge < -0.3 is 10.3 Å². The molecule has 29 heavy (non-hydrogen) atoms. The van der Waals surface area contributed by atoms with Gasteiger partial charge in [0.15, 0.2) is 0 Å². The van der Waals surface area contributed by atoms with E-state index in [1.807, 2.05) is 43.3 Å². The van der Waals surface area contributed by atoms with Crippen LogP contribution in [-0.2, 0) is 6.42 Å². The van der Waals surface area contributed by atoms with Gasteiger partial charge in [0.2, 0.25) is 0 Å². The summed E-state index contributed by atoms with van der Waals surface area (Å²) in [5.41, 5.74) is 5.08. The van der Waals surface area contributed by atoms with Gasteiger partial charge in [0, 0.05) is 41.4 Å². The first kappa shape index (κ1) is 18.4. The molecule has 0 atom stereocenters. The van der Waals surface area contributed by atoms with Gasteiger partial charge >= 0.3 is 0 Å². The molecule has 0 aliphatic heterocycles. The van der Waals surface area contributed by atoms with Crippen molar-refractivity contribution in [3.8, 4) is 17.3 Å². The molecular weight excluding hydrogens is 362 g/mol. The van der Waals surface area contributed by atoms with Crippen molar-refractivity contribution in [3.05, 3.63) is 83.4 Å². The largest absolute Gasteiger partial charge is 0.352 e. The average molecular weight is 381 g/mol. The van der Waals surface area contributed by atoms with E-state index in [0.29, 0.717) is 29.8 Å². The second-order valence-corrected chi connectivity index (χ2v) is 6.75. The molecule has 0 unspecified atom stereocenters. The van der Waals surface area contributed by atoms with Gasteiger partial charge in [-0.25, -0.2) is 9.97 Å². The molecule has 0 spiro atoms. The number of H-pyrrole nitrogens is 1. The molecule has 2 aromatic carbocycles. The minimum Gasteiger partial charge on any atom is -0.352 e. The maximum atomic E-state index is 12.6. The third kappa shape index (κ3) is 3.71. The van der Waals surface area contributed by atoms with Crippen LogP contribution >= 0.6 is 0 Å². The van der Waals surface area contributed by atoms with Crippen molar-refractivity contribution in [3.63, 3.8) is 0 Å². The van der Waals surface area contributed by atoms with Crippen LogP contribution in [-0.4, -0.2) is 27.4 Å². The Morgan fingerprint density at radius 1 is 1.21 bits per heavy atom. The Labute approximate surface area is 168 Å². The van der Waals surface area contributed by atoms with E-state index in [9.17, 15) is 10.1 Å². The van der Waals surface area contributed by atoms with Gasteiger partial charge in [-0.3, -0.25) is 4.79 Å². The number of nitrogens with zero attached hydrogens (tertiary/aromatic N) is 3. The topological polar surface area (TPSA) is 94.5 Å². The molecule has 0 radical (unpaired) electrons. The van der Waals surface area contributed by atoms with Crippen LogP contribution in [0.3, 0.4) is 0 Å². The zero-order chi connectivity index (χ0) is 20.2. The Morgan fingerprint density at radius 3 is 2.86 bits per heavy atom. The van der Waals surface area contributed by atoms with Crippen LogP contribution in [0.1, 0.15) is 27.2 Å². The molecule has 4 aromatic rings. The minimum absolute atomic E-state index is 0.164. The van der Waals surface area contributed by atoms with E-state index in [1.54, 1.807) is 24.7 Å². The number of aryl methyl sites for hydroxylation is 1. The number of aromatic amines is 1. The number of nitriles is 1. The van der Waals surface area contributed by atoms with Crippen molar-refractivity contribution in [1.82, 2.24) is 20.3 Å². The number of rotatable bonds is 5. The molecular formula is C23H19N5O. The van der Waals surface area contributed by atoms with Crippen LogP contribution in [0, 0.1) is 18.3 Å². The summed E-state index contributed by atoms with van der Waals surface area (Å²) in [5.74, 6) is -0.164. The van der Waals surface area contributed by atoms with Crippen molar-refractivity contribution >= 4 is 16.8 Å². The number of aromatic nitrogens is 3. The molecule has 0 aliphatic carbocycles. The van der Waals surface area contributed by atoms with Crippen molar-refractivity contribution in [2.24, 2.45) is 0 Å². The van der Waals surface area contributed by atoms with E-state index < -0.39 is 0 Å². The summed E-state index contributed by atoms with van der Waals surface area (Å²) in [6, 6.07) is 17.3. The van der Waals surface area contributed by atoms with Gasteiger partial charge in [-0.1, -0.05) is 30.3 Å². The second-order valence-electron chi connectivity index (χ2n) is 6.75. The molecule has 1 amide bonds. The van der Waals surface area contributed by atoms with Crippen LogP contribution in [0.2, 0.25) is 0 Å². The lowest BCUT2D eigenvalue weighted by atomic mass is 9.97. The smallest absolute Gasteiger partial charge is 0.251 e. The summed E-state index contributed by atoms with van der Waals surface area (Å²) < 4.78 is 0. The van der Waals surface area contributed by atoms with Crippen molar-refractivity contribution in [2.75, 3.05) is 6.54 Å². The van der Waals surface area contributed by atoms with Gasteiger partial charge in [-0.05, 0) is 30.7 Å². The number of imidazole rings is 1. The van der Waals surface area contributed by atoms with E-state index in [2.05, 4.69) is 21.4 Å². The highest BCUT2D eigenvalue weighted by atomic mass is 16.1. The summed E-state index contributed by atoms with van der Waals surface area (Å²) in [4.78, 5) is 24.3. The molecule has 4 rings (SSSR count). The first-order valence-corrected chi connectivity index (χ1v) is 9.32. The standard InChI is InChI=1S/C23H19N5O/c1-15-19-7-2-3-8-21(19)28-22(20(15)12-24)16-5-4-6-17(11-16)23(29)26-10-9-18-13-25-14-27-18/h2-8,11,13-14H,9-10H2,1H3,(H,25,27)(H,26,29). The molecule has 142 valence electrons. The summed E-state index contributed by atoms with van der Waals surface area (Å²) >= 11 is 0. The summed E-state index contributed by atoms with van der Waals surface area (Å²) in [5, 5.41) is 13.6. The first-order chi connectivity index (χ1) is 14.2. The monoisotopic (exact) mass is 381 g/mol. The first-order valence-electron chi connectivity index (χ1n) is 9.32. The molecule has 2 N–H and O–H groups in total. The summed E-state index contributed by atoms with van der Waals surface area (Å²) in [6.07, 6.45) is 4.03. The van der Waals surface area contributed by atoms with Crippen molar-refractivity contribution in [1.29, 1.82) is 5.26 Å². The lowest BCUT2D eigenvalue weighted by molar-refractivity contribution is 0.0954. The Kier molecular flexibility index (Phi) is 5.04. The Hall–Kier alpha value is -3.98. The van der Waals surface area contributed by atoms with Crippen LogP contribution < -0.4 is 5.32 Å². The third-order valence-electron chi connectivity index (χ3n) is 4.90. The normalized spacial score (nSPS) is 10.6. The Morgan fingerprint density at radius 2 is 2.07 bits per heavy atom. The maximum absolute atomic E-state index is 12.6.